The molecule has 140 valence electrons. The molecule has 4 rings (SSSR count). The van der Waals surface area contributed by atoms with Crippen molar-refractivity contribution in [1.29, 1.82) is 0 Å². The van der Waals surface area contributed by atoms with E-state index in [1.807, 2.05) is 31.2 Å². The zero-order chi connectivity index (χ0) is 18.8. The van der Waals surface area contributed by atoms with Crippen molar-refractivity contribution in [2.45, 2.75) is 19.9 Å². The third-order valence-electron chi connectivity index (χ3n) is 4.89. The molecule has 1 atom stereocenters. The first-order chi connectivity index (χ1) is 13.1. The highest BCUT2D eigenvalue weighted by molar-refractivity contribution is 5.97. The molecule has 1 saturated heterocycles. The average Bonchev–Trinajstić information content (AvgIpc) is 3.04. The highest BCUT2D eigenvalue weighted by atomic mass is 16.6. The molecule has 0 spiro atoms. The van der Waals surface area contributed by atoms with E-state index in [9.17, 15) is 9.59 Å². The number of anilines is 1. The molecule has 0 radical (unpaired) electrons. The van der Waals surface area contributed by atoms with Crippen LogP contribution in [0.1, 0.15) is 17.5 Å². The summed E-state index contributed by atoms with van der Waals surface area (Å²) in [4.78, 5) is 26.7. The number of rotatable bonds is 4. The third kappa shape index (κ3) is 3.89. The van der Waals surface area contributed by atoms with Crippen molar-refractivity contribution in [3.05, 3.63) is 53.6 Å². The largest absolute Gasteiger partial charge is 0.486 e. The molecule has 0 unspecified atom stereocenters. The van der Waals surface area contributed by atoms with Crippen molar-refractivity contribution in [1.82, 2.24) is 4.90 Å². The van der Waals surface area contributed by atoms with Crippen LogP contribution in [0, 0.1) is 12.8 Å². The van der Waals surface area contributed by atoms with Gasteiger partial charge < -0.3 is 19.7 Å². The molecule has 0 aromatic heterocycles. The Bertz CT molecular complexity index is 863. The number of benzene rings is 2. The number of nitrogens with zero attached hydrogens (tertiary/aromatic N) is 1. The molecule has 27 heavy (non-hydrogen) atoms. The second kappa shape index (κ2) is 7.31. The summed E-state index contributed by atoms with van der Waals surface area (Å²) in [5.41, 5.74) is 2.90. The highest BCUT2D eigenvalue weighted by Crippen LogP contribution is 2.33. The number of amides is 2. The number of carbonyl (C=O) groups excluding carboxylic acids is 2. The average molecular weight is 366 g/mol. The molecule has 2 aromatic carbocycles. The fraction of sp³-hybridized carbons (Fsp3) is 0.333. The topological polar surface area (TPSA) is 67.9 Å². The van der Waals surface area contributed by atoms with Crippen LogP contribution >= 0.6 is 0 Å². The Hall–Kier alpha value is -3.02. The van der Waals surface area contributed by atoms with Crippen LogP contribution in [0.3, 0.4) is 0 Å². The molecule has 6 heteroatoms. The predicted octanol–water partition coefficient (Wildman–Crippen LogP) is 2.75. The van der Waals surface area contributed by atoms with Crippen molar-refractivity contribution < 1.29 is 19.1 Å². The molecular formula is C21H22N2O4. The maximum atomic E-state index is 12.6. The summed E-state index contributed by atoms with van der Waals surface area (Å²) in [7, 11) is 0. The van der Waals surface area contributed by atoms with E-state index in [2.05, 4.69) is 5.32 Å². The second-order valence-corrected chi connectivity index (χ2v) is 7.01. The first kappa shape index (κ1) is 17.4. The summed E-state index contributed by atoms with van der Waals surface area (Å²) in [5.74, 6) is 0.822. The summed E-state index contributed by atoms with van der Waals surface area (Å²) in [6, 6.07) is 13.4. The van der Waals surface area contributed by atoms with Gasteiger partial charge in [0.1, 0.15) is 13.2 Å². The van der Waals surface area contributed by atoms with Gasteiger partial charge >= 0.3 is 0 Å². The fourth-order valence-electron chi connectivity index (χ4n) is 3.38. The zero-order valence-electron chi connectivity index (χ0n) is 15.2. The minimum absolute atomic E-state index is 0.0119. The Kier molecular flexibility index (Phi) is 4.71. The molecule has 2 aliphatic rings. The first-order valence-electron chi connectivity index (χ1n) is 9.12. The van der Waals surface area contributed by atoms with E-state index < -0.39 is 0 Å². The van der Waals surface area contributed by atoms with Crippen molar-refractivity contribution in [2.75, 3.05) is 25.1 Å². The summed E-state index contributed by atoms with van der Waals surface area (Å²) in [6.07, 6.45) is 0.238. The van der Waals surface area contributed by atoms with Gasteiger partial charge in [0.15, 0.2) is 11.5 Å². The Morgan fingerprint density at radius 1 is 1.11 bits per heavy atom. The molecule has 1 N–H and O–H groups in total. The van der Waals surface area contributed by atoms with E-state index in [1.54, 1.807) is 23.1 Å². The quantitative estimate of drug-likeness (QED) is 0.904. The molecule has 0 aliphatic carbocycles. The van der Waals surface area contributed by atoms with Gasteiger partial charge in [-0.1, -0.05) is 29.8 Å². The summed E-state index contributed by atoms with van der Waals surface area (Å²) in [6.45, 7) is 4.02. The SMILES string of the molecule is Cc1ccc(CN2C[C@@H](C(=O)Nc3ccc4c(c3)OCCO4)CC2=O)cc1. The monoisotopic (exact) mass is 366 g/mol. The van der Waals surface area contributed by atoms with Gasteiger partial charge in [-0.15, -0.1) is 0 Å². The highest BCUT2D eigenvalue weighted by Gasteiger charge is 2.34. The Morgan fingerprint density at radius 3 is 2.63 bits per heavy atom. The van der Waals surface area contributed by atoms with Crippen LogP contribution in [-0.4, -0.2) is 36.5 Å². The van der Waals surface area contributed by atoms with Crippen LogP contribution in [0.4, 0.5) is 5.69 Å². The van der Waals surface area contributed by atoms with Gasteiger partial charge in [0.05, 0.1) is 5.92 Å². The number of hydrogen-bond acceptors (Lipinski definition) is 4. The third-order valence-corrected chi connectivity index (χ3v) is 4.89. The standard InChI is InChI=1S/C21H22N2O4/c1-14-2-4-15(5-3-14)12-23-13-16(10-20(23)24)21(25)22-17-6-7-18-19(11-17)27-9-8-26-18/h2-7,11,16H,8-10,12-13H2,1H3,(H,22,25)/t16-/m0/s1. The molecule has 6 nitrogen and oxygen atoms in total. The predicted molar refractivity (Wildman–Crippen MR) is 101 cm³/mol. The molecule has 2 aliphatic heterocycles. The number of ether oxygens (including phenoxy) is 2. The molecule has 2 aromatic rings. The van der Waals surface area contributed by atoms with Crippen LogP contribution in [0.15, 0.2) is 42.5 Å². The lowest BCUT2D eigenvalue weighted by Crippen LogP contribution is -2.28. The normalized spacial score (nSPS) is 18.5. The maximum absolute atomic E-state index is 12.6. The van der Waals surface area contributed by atoms with E-state index in [4.69, 9.17) is 9.47 Å². The second-order valence-electron chi connectivity index (χ2n) is 7.01. The van der Waals surface area contributed by atoms with Crippen LogP contribution < -0.4 is 14.8 Å². The number of nitrogens with one attached hydrogen (secondary N) is 1. The number of aryl methyl sites for hydroxylation is 1. The van der Waals surface area contributed by atoms with Gasteiger partial charge in [0, 0.05) is 31.3 Å². The Labute approximate surface area is 158 Å². The van der Waals surface area contributed by atoms with E-state index >= 15 is 0 Å². The zero-order valence-corrected chi connectivity index (χ0v) is 15.2. The number of fused-ring (bicyclic) bond motifs is 1. The van der Waals surface area contributed by atoms with Gasteiger partial charge in [-0.3, -0.25) is 9.59 Å². The van der Waals surface area contributed by atoms with Crippen LogP contribution in [0.2, 0.25) is 0 Å². The van der Waals surface area contributed by atoms with E-state index in [1.165, 1.54) is 5.56 Å². The lowest BCUT2D eigenvalue weighted by Gasteiger charge is -2.19. The van der Waals surface area contributed by atoms with Crippen LogP contribution in [-0.2, 0) is 16.1 Å². The minimum atomic E-state index is -0.351. The number of likely N-dealkylation sites (tertiary alicyclic amines) is 1. The molecule has 0 bridgehead atoms. The number of carbonyl (C=O) groups is 2. The van der Waals surface area contributed by atoms with E-state index in [0.717, 1.165) is 5.56 Å². The molecular weight excluding hydrogens is 344 g/mol. The van der Waals surface area contributed by atoms with Crippen LogP contribution in [0.25, 0.3) is 0 Å². The summed E-state index contributed by atoms with van der Waals surface area (Å²) < 4.78 is 11.0. The molecule has 2 heterocycles. The van der Waals surface area contributed by atoms with Gasteiger partial charge in [0.25, 0.3) is 0 Å². The van der Waals surface area contributed by atoms with Crippen molar-refractivity contribution in [3.63, 3.8) is 0 Å². The van der Waals surface area contributed by atoms with Gasteiger partial charge in [-0.25, -0.2) is 0 Å². The summed E-state index contributed by atoms with van der Waals surface area (Å²) >= 11 is 0. The lowest BCUT2D eigenvalue weighted by atomic mass is 10.1. The van der Waals surface area contributed by atoms with E-state index in [-0.39, 0.29) is 24.2 Å². The summed E-state index contributed by atoms with van der Waals surface area (Å²) in [5, 5.41) is 2.89. The van der Waals surface area contributed by atoms with Gasteiger partial charge in [0.2, 0.25) is 11.8 Å². The maximum Gasteiger partial charge on any atom is 0.229 e. The van der Waals surface area contributed by atoms with Crippen molar-refractivity contribution in [3.8, 4) is 11.5 Å². The van der Waals surface area contributed by atoms with Crippen molar-refractivity contribution >= 4 is 17.5 Å². The Balaban J connectivity index is 1.38. The van der Waals surface area contributed by atoms with Gasteiger partial charge in [-0.05, 0) is 24.6 Å². The molecule has 1 fully saturated rings. The van der Waals surface area contributed by atoms with Gasteiger partial charge in [-0.2, -0.15) is 0 Å². The van der Waals surface area contributed by atoms with Crippen molar-refractivity contribution in [2.24, 2.45) is 5.92 Å². The smallest absolute Gasteiger partial charge is 0.229 e. The minimum Gasteiger partial charge on any atom is -0.486 e. The van der Waals surface area contributed by atoms with E-state index in [0.29, 0.717) is 43.5 Å². The number of hydrogen-bond donors (Lipinski definition) is 1. The first-order valence-corrected chi connectivity index (χ1v) is 9.12. The lowest BCUT2D eigenvalue weighted by molar-refractivity contribution is -0.128. The molecule has 2 amide bonds. The fourth-order valence-corrected chi connectivity index (χ4v) is 3.38. The van der Waals surface area contributed by atoms with Crippen LogP contribution in [0.5, 0.6) is 11.5 Å². The molecule has 0 saturated carbocycles. The Morgan fingerprint density at radius 2 is 1.85 bits per heavy atom.